The summed E-state index contributed by atoms with van der Waals surface area (Å²) in [5.41, 5.74) is 2.64. The zero-order chi connectivity index (χ0) is 21.4. The van der Waals surface area contributed by atoms with Crippen LogP contribution in [0.25, 0.3) is 0 Å². The van der Waals surface area contributed by atoms with Crippen molar-refractivity contribution in [3.63, 3.8) is 0 Å². The number of amides is 1. The maximum absolute atomic E-state index is 12.3. The van der Waals surface area contributed by atoms with Crippen LogP contribution in [0.3, 0.4) is 0 Å². The lowest BCUT2D eigenvalue weighted by Gasteiger charge is -2.22. The van der Waals surface area contributed by atoms with Gasteiger partial charge in [0.1, 0.15) is 12.3 Å². The number of aryl methyl sites for hydroxylation is 2. The molecule has 0 aliphatic heterocycles. The molecule has 7 heteroatoms. The summed E-state index contributed by atoms with van der Waals surface area (Å²) < 4.78 is 31.0. The Morgan fingerprint density at radius 3 is 2.45 bits per heavy atom. The second-order valence-corrected chi connectivity index (χ2v) is 9.28. The molecule has 0 bridgehead atoms. The van der Waals surface area contributed by atoms with E-state index >= 15 is 0 Å². The van der Waals surface area contributed by atoms with E-state index in [0.29, 0.717) is 12.2 Å². The Morgan fingerprint density at radius 2 is 1.83 bits per heavy atom. The molecule has 29 heavy (non-hydrogen) atoms. The van der Waals surface area contributed by atoms with E-state index in [1.807, 2.05) is 57.2 Å². The number of hydrogen-bond acceptors (Lipinski definition) is 4. The van der Waals surface area contributed by atoms with Gasteiger partial charge >= 0.3 is 0 Å². The van der Waals surface area contributed by atoms with Crippen LogP contribution in [0, 0.1) is 6.92 Å². The number of nitrogens with one attached hydrogen (secondary N) is 1. The van der Waals surface area contributed by atoms with Gasteiger partial charge in [-0.05, 0) is 63.4 Å². The van der Waals surface area contributed by atoms with Gasteiger partial charge in [-0.15, -0.1) is 0 Å². The zero-order valence-electron chi connectivity index (χ0n) is 17.5. The first-order valence-corrected chi connectivity index (χ1v) is 11.6. The van der Waals surface area contributed by atoms with Crippen molar-refractivity contribution in [2.24, 2.45) is 0 Å². The molecule has 1 N–H and O–H groups in total. The summed E-state index contributed by atoms with van der Waals surface area (Å²) >= 11 is 0. The average Bonchev–Trinajstić information content (AvgIpc) is 2.63. The maximum Gasteiger partial charge on any atom is 0.240 e. The number of anilines is 1. The van der Waals surface area contributed by atoms with Crippen LogP contribution in [0.15, 0.2) is 48.5 Å². The molecule has 1 amide bonds. The summed E-state index contributed by atoms with van der Waals surface area (Å²) in [5.74, 6) is 0.510. The van der Waals surface area contributed by atoms with Crippen LogP contribution in [0.5, 0.6) is 5.75 Å². The van der Waals surface area contributed by atoms with E-state index in [9.17, 15) is 13.2 Å². The topological polar surface area (TPSA) is 75.7 Å². The molecule has 0 saturated carbocycles. The highest BCUT2D eigenvalue weighted by atomic mass is 32.2. The van der Waals surface area contributed by atoms with Gasteiger partial charge in [0.25, 0.3) is 0 Å². The Morgan fingerprint density at radius 1 is 1.14 bits per heavy atom. The maximum atomic E-state index is 12.3. The van der Waals surface area contributed by atoms with E-state index in [2.05, 4.69) is 5.32 Å². The molecule has 2 aromatic carbocycles. The van der Waals surface area contributed by atoms with Gasteiger partial charge in [0, 0.05) is 6.54 Å². The van der Waals surface area contributed by atoms with E-state index < -0.39 is 10.0 Å². The molecule has 2 aromatic rings. The lowest BCUT2D eigenvalue weighted by molar-refractivity contribution is -0.119. The number of benzene rings is 2. The van der Waals surface area contributed by atoms with Gasteiger partial charge in [-0.3, -0.25) is 9.10 Å². The molecule has 0 saturated heterocycles. The molecule has 0 aliphatic carbocycles. The number of carbonyl (C=O) groups is 1. The first-order chi connectivity index (χ1) is 13.6. The summed E-state index contributed by atoms with van der Waals surface area (Å²) in [6, 6.07) is 15.0. The van der Waals surface area contributed by atoms with Gasteiger partial charge in [-0.25, -0.2) is 8.42 Å². The minimum Gasteiger partial charge on any atom is -0.491 e. The molecule has 2 rings (SSSR count). The Kier molecular flexibility index (Phi) is 8.08. The summed E-state index contributed by atoms with van der Waals surface area (Å²) in [4.78, 5) is 12.3. The molecule has 0 fully saturated rings. The van der Waals surface area contributed by atoms with E-state index in [-0.39, 0.29) is 18.6 Å². The summed E-state index contributed by atoms with van der Waals surface area (Å²) in [7, 11) is -3.56. The fourth-order valence-electron chi connectivity index (χ4n) is 2.86. The molecule has 158 valence electrons. The third-order valence-electron chi connectivity index (χ3n) is 4.24. The molecule has 0 atom stereocenters. The van der Waals surface area contributed by atoms with Crippen LogP contribution in [0.2, 0.25) is 0 Å². The van der Waals surface area contributed by atoms with E-state index in [0.717, 1.165) is 40.3 Å². The normalized spacial score (nSPS) is 11.3. The Balaban J connectivity index is 1.86. The van der Waals surface area contributed by atoms with Crippen LogP contribution >= 0.6 is 0 Å². The van der Waals surface area contributed by atoms with Gasteiger partial charge < -0.3 is 10.1 Å². The van der Waals surface area contributed by atoms with Gasteiger partial charge in [0.2, 0.25) is 15.9 Å². The third kappa shape index (κ3) is 7.77. The number of hydrogen-bond donors (Lipinski definition) is 1. The first kappa shape index (κ1) is 22.7. The van der Waals surface area contributed by atoms with Crippen LogP contribution in [0.4, 0.5) is 5.69 Å². The van der Waals surface area contributed by atoms with Crippen molar-refractivity contribution < 1.29 is 17.9 Å². The van der Waals surface area contributed by atoms with Crippen molar-refractivity contribution in [3.8, 4) is 5.75 Å². The van der Waals surface area contributed by atoms with Crippen LogP contribution < -0.4 is 14.4 Å². The molecule has 0 radical (unpaired) electrons. The highest BCUT2D eigenvalue weighted by Crippen LogP contribution is 2.18. The standard InChI is InChI=1S/C22H30N2O4S/c1-17(2)28-21-9-5-7-19(15-21)8-6-14-23-22(25)16-24(29(4,26)27)20-12-10-18(3)11-13-20/h5,7,9-13,15,17H,6,8,14,16H2,1-4H3,(H,23,25). The number of carbonyl (C=O) groups excluding carboxylic acids is 1. The fraction of sp³-hybridized carbons (Fsp3) is 0.409. The van der Waals surface area contributed by atoms with Crippen molar-refractivity contribution in [3.05, 3.63) is 59.7 Å². The molecule has 6 nitrogen and oxygen atoms in total. The highest BCUT2D eigenvalue weighted by molar-refractivity contribution is 7.92. The first-order valence-electron chi connectivity index (χ1n) is 9.72. The van der Waals surface area contributed by atoms with Crippen molar-refractivity contribution in [1.29, 1.82) is 0 Å². The van der Waals surface area contributed by atoms with Crippen LogP contribution in [0.1, 0.15) is 31.4 Å². The predicted molar refractivity (Wildman–Crippen MR) is 117 cm³/mol. The average molecular weight is 419 g/mol. The molecular weight excluding hydrogens is 388 g/mol. The van der Waals surface area contributed by atoms with Crippen molar-refractivity contribution in [2.75, 3.05) is 23.7 Å². The second kappa shape index (κ2) is 10.3. The third-order valence-corrected chi connectivity index (χ3v) is 5.38. The number of sulfonamides is 1. The molecule has 0 aromatic heterocycles. The molecular formula is C22H30N2O4S. The van der Waals surface area contributed by atoms with E-state index in [4.69, 9.17) is 4.74 Å². The monoisotopic (exact) mass is 418 g/mol. The number of rotatable bonds is 10. The van der Waals surface area contributed by atoms with Gasteiger partial charge in [-0.2, -0.15) is 0 Å². The van der Waals surface area contributed by atoms with Crippen molar-refractivity contribution >= 4 is 21.6 Å². The van der Waals surface area contributed by atoms with E-state index in [1.165, 1.54) is 0 Å². The largest absolute Gasteiger partial charge is 0.491 e. The van der Waals surface area contributed by atoms with Gasteiger partial charge in [0.15, 0.2) is 0 Å². The zero-order valence-corrected chi connectivity index (χ0v) is 18.3. The van der Waals surface area contributed by atoms with Crippen molar-refractivity contribution in [1.82, 2.24) is 5.32 Å². The van der Waals surface area contributed by atoms with Crippen molar-refractivity contribution in [2.45, 2.75) is 39.7 Å². The summed E-state index contributed by atoms with van der Waals surface area (Å²) in [6.45, 7) is 6.13. The molecule has 0 heterocycles. The summed E-state index contributed by atoms with van der Waals surface area (Å²) in [5, 5.41) is 2.81. The Labute approximate surface area is 173 Å². The quantitative estimate of drug-likeness (QED) is 0.601. The fourth-order valence-corrected chi connectivity index (χ4v) is 3.72. The SMILES string of the molecule is Cc1ccc(N(CC(=O)NCCCc2cccc(OC(C)C)c2)S(C)(=O)=O)cc1. The molecule has 0 aliphatic rings. The van der Waals surface area contributed by atoms with Gasteiger partial charge in [-0.1, -0.05) is 29.8 Å². The van der Waals surface area contributed by atoms with Crippen LogP contribution in [-0.4, -0.2) is 39.8 Å². The Hall–Kier alpha value is -2.54. The highest BCUT2D eigenvalue weighted by Gasteiger charge is 2.20. The lowest BCUT2D eigenvalue weighted by atomic mass is 10.1. The summed E-state index contributed by atoms with van der Waals surface area (Å²) in [6.07, 6.45) is 2.77. The van der Waals surface area contributed by atoms with Crippen LogP contribution in [-0.2, 0) is 21.2 Å². The molecule has 0 unspecified atom stereocenters. The van der Waals surface area contributed by atoms with Gasteiger partial charge in [0.05, 0.1) is 18.0 Å². The predicted octanol–water partition coefficient (Wildman–Crippen LogP) is 3.30. The van der Waals surface area contributed by atoms with E-state index in [1.54, 1.807) is 12.1 Å². The lowest BCUT2D eigenvalue weighted by Crippen LogP contribution is -2.40. The minimum atomic E-state index is -3.56. The second-order valence-electron chi connectivity index (χ2n) is 7.37. The molecule has 0 spiro atoms. The number of nitrogens with zero attached hydrogens (tertiary/aromatic N) is 1. The number of ether oxygens (including phenoxy) is 1. The smallest absolute Gasteiger partial charge is 0.240 e. The Bertz CT molecular complexity index is 909. The minimum absolute atomic E-state index is 0.121.